The number of aliphatic hydroxyl groups is 9. The van der Waals surface area contributed by atoms with E-state index in [4.69, 9.17) is 28.4 Å². The van der Waals surface area contributed by atoms with Crippen LogP contribution in [-0.2, 0) is 42.8 Å². The van der Waals surface area contributed by atoms with E-state index in [1.165, 1.54) is 6.92 Å². The van der Waals surface area contributed by atoms with Gasteiger partial charge < -0.3 is 79.5 Å². The Morgan fingerprint density at radius 3 is 2.03 bits per heavy atom. The zero-order valence-corrected chi connectivity index (χ0v) is 44.3. The second-order valence-corrected chi connectivity index (χ2v) is 23.2. The number of aliphatic carboxylic acids is 1. The molecule has 1 saturated heterocycles. The maximum atomic E-state index is 13.3. The van der Waals surface area contributed by atoms with Crippen molar-refractivity contribution >= 4 is 17.9 Å². The van der Waals surface area contributed by atoms with Gasteiger partial charge in [-0.25, -0.2) is 14.4 Å². The Labute approximate surface area is 424 Å². The summed E-state index contributed by atoms with van der Waals surface area (Å²) >= 11 is 0. The Kier molecular flexibility index (Phi) is 19.3. The zero-order chi connectivity index (χ0) is 54.2. The number of ether oxygens (including phenoxy) is 6. The molecule has 0 aromatic heterocycles. The predicted molar refractivity (Wildman–Crippen MR) is 259 cm³/mol. The van der Waals surface area contributed by atoms with E-state index in [1.54, 1.807) is 39.8 Å². The first-order chi connectivity index (χ1) is 33.5. The standard InChI is InChI=1S/C53H86O19/c1-13-26(3)45(65)67-25-37(70-46(66)27(4)14-2)49(6,7)21-29-30(22-54)38(58)43(62)53(12)31(29)15-16-35-51(10)19-18-36(50(8,9)34(51)17-20-52(35,53)11)71-48(69-33(24-56)44(63)64)42(28(5)57)72-47-41(61)40(60)39(59)32(23-55)68-47/h13-15,28-30,32-43,47-48,54-62H,16-25H2,1-12H3,(H,63,64)/b26-13-,27-14-/t28?,29?,30?,32?,33?,34?,35?,36-,37-,38-,39?,40?,41?,42?,43-,47?,48?,51-,52+,53-/m0/s1. The number of hydrogen-bond acceptors (Lipinski definition) is 18. The van der Waals surface area contributed by atoms with Crippen LogP contribution in [0, 0.1) is 50.7 Å². The third kappa shape index (κ3) is 11.0. The molecule has 0 aromatic carbocycles. The van der Waals surface area contributed by atoms with E-state index in [1.807, 2.05) is 34.6 Å². The van der Waals surface area contributed by atoms with Gasteiger partial charge in [-0.2, -0.15) is 0 Å². The average Bonchev–Trinajstić information content (AvgIpc) is 3.32. The van der Waals surface area contributed by atoms with Crippen molar-refractivity contribution in [3.05, 3.63) is 34.9 Å². The molecule has 3 saturated carbocycles. The zero-order valence-electron chi connectivity index (χ0n) is 44.3. The summed E-state index contributed by atoms with van der Waals surface area (Å²) in [4.78, 5) is 38.5. The van der Waals surface area contributed by atoms with Crippen LogP contribution < -0.4 is 0 Å². The van der Waals surface area contributed by atoms with Crippen LogP contribution >= 0.6 is 0 Å². The van der Waals surface area contributed by atoms with Crippen molar-refractivity contribution in [1.82, 2.24) is 0 Å². The summed E-state index contributed by atoms with van der Waals surface area (Å²) in [5, 5.41) is 108. The monoisotopic (exact) mass is 1030 g/mol. The summed E-state index contributed by atoms with van der Waals surface area (Å²) < 4.78 is 36.0. The highest BCUT2D eigenvalue weighted by Crippen LogP contribution is 2.74. The average molecular weight is 1030 g/mol. The highest BCUT2D eigenvalue weighted by Gasteiger charge is 2.70. The fourth-order valence-electron chi connectivity index (χ4n) is 13.6. The normalized spacial score (nSPS) is 39.2. The van der Waals surface area contributed by atoms with Crippen LogP contribution in [-0.4, -0.2) is 175 Å². The summed E-state index contributed by atoms with van der Waals surface area (Å²) in [5.41, 5.74) is -1.99. The van der Waals surface area contributed by atoms with Crippen LogP contribution in [0.4, 0.5) is 0 Å². The lowest BCUT2D eigenvalue weighted by atomic mass is 9.34. The molecule has 13 unspecified atom stereocenters. The van der Waals surface area contributed by atoms with Crippen LogP contribution in [0.25, 0.3) is 0 Å². The van der Waals surface area contributed by atoms with Gasteiger partial charge >= 0.3 is 17.9 Å². The largest absolute Gasteiger partial charge is 0.479 e. The molecule has 10 N–H and O–H groups in total. The third-order valence-corrected chi connectivity index (χ3v) is 18.5. The summed E-state index contributed by atoms with van der Waals surface area (Å²) in [7, 11) is 0. The van der Waals surface area contributed by atoms with Gasteiger partial charge in [-0.1, -0.05) is 72.3 Å². The Morgan fingerprint density at radius 2 is 1.47 bits per heavy atom. The second-order valence-electron chi connectivity index (χ2n) is 23.2. The number of fused-ring (bicyclic) bond motifs is 5. The number of carbonyl (C=O) groups excluding carboxylic acids is 2. The molecule has 0 amide bonds. The topological polar surface area (TPSA) is 309 Å². The summed E-state index contributed by atoms with van der Waals surface area (Å²) in [5.74, 6) is -4.06. The van der Waals surface area contributed by atoms with Crippen LogP contribution in [0.3, 0.4) is 0 Å². The number of esters is 2. The maximum absolute atomic E-state index is 13.3. The molecular weight excluding hydrogens is 941 g/mol. The van der Waals surface area contributed by atoms with E-state index < -0.39 is 156 Å². The van der Waals surface area contributed by atoms with Crippen LogP contribution in [0.2, 0.25) is 0 Å². The van der Waals surface area contributed by atoms with E-state index in [2.05, 4.69) is 19.9 Å². The molecule has 72 heavy (non-hydrogen) atoms. The molecule has 19 heteroatoms. The van der Waals surface area contributed by atoms with E-state index >= 15 is 0 Å². The molecular formula is C53H86O19. The van der Waals surface area contributed by atoms with Crippen LogP contribution in [0.1, 0.15) is 122 Å². The molecule has 4 aliphatic carbocycles. The lowest BCUT2D eigenvalue weighted by Crippen LogP contribution is -2.69. The molecule has 5 rings (SSSR count). The molecule has 0 bridgehead atoms. The summed E-state index contributed by atoms with van der Waals surface area (Å²) in [6.45, 7) is 20.0. The number of aliphatic hydroxyl groups excluding tert-OH is 9. The predicted octanol–water partition coefficient (Wildman–Crippen LogP) is 2.68. The van der Waals surface area contributed by atoms with Gasteiger partial charge in [0.05, 0.1) is 37.6 Å². The van der Waals surface area contributed by atoms with E-state index in [-0.39, 0.29) is 18.4 Å². The minimum Gasteiger partial charge on any atom is -0.479 e. The third-order valence-electron chi connectivity index (χ3n) is 18.5. The molecule has 5 aliphatic rings. The van der Waals surface area contributed by atoms with Crippen molar-refractivity contribution in [3.63, 3.8) is 0 Å². The highest BCUT2D eigenvalue weighted by atomic mass is 16.8. The van der Waals surface area contributed by atoms with Crippen LogP contribution in [0.5, 0.6) is 0 Å². The smallest absolute Gasteiger partial charge is 0.335 e. The van der Waals surface area contributed by atoms with Gasteiger partial charge in [-0.3, -0.25) is 0 Å². The van der Waals surface area contributed by atoms with Gasteiger partial charge in [-0.05, 0) is 107 Å². The first-order valence-electron chi connectivity index (χ1n) is 25.6. The first kappa shape index (κ1) is 60.0. The van der Waals surface area contributed by atoms with Crippen LogP contribution in [0.15, 0.2) is 34.9 Å². The fraction of sp³-hybridized carbons (Fsp3) is 0.830. The molecule has 4 fully saturated rings. The minimum absolute atomic E-state index is 0.0664. The van der Waals surface area contributed by atoms with Crippen molar-refractivity contribution in [1.29, 1.82) is 0 Å². The highest BCUT2D eigenvalue weighted by molar-refractivity contribution is 5.88. The van der Waals surface area contributed by atoms with Gasteiger partial charge in [0.2, 0.25) is 0 Å². The minimum atomic E-state index is -1.87. The maximum Gasteiger partial charge on any atom is 0.335 e. The second kappa shape index (κ2) is 23.2. The molecule has 1 heterocycles. The molecule has 20 atom stereocenters. The summed E-state index contributed by atoms with van der Waals surface area (Å²) in [6.07, 6.45) is -10.8. The molecule has 0 spiro atoms. The van der Waals surface area contributed by atoms with E-state index in [9.17, 15) is 65.4 Å². The van der Waals surface area contributed by atoms with E-state index in [0.717, 1.165) is 5.57 Å². The number of rotatable bonds is 20. The lowest BCUT2D eigenvalue weighted by molar-refractivity contribution is -0.352. The van der Waals surface area contributed by atoms with Gasteiger partial charge in [0.1, 0.15) is 43.2 Å². The fourth-order valence-corrected chi connectivity index (χ4v) is 13.6. The Bertz CT molecular complexity index is 2000. The van der Waals surface area contributed by atoms with E-state index in [0.29, 0.717) is 49.7 Å². The Hall–Kier alpha value is -2.89. The molecule has 0 aromatic rings. The Morgan fingerprint density at radius 1 is 0.847 bits per heavy atom. The van der Waals surface area contributed by atoms with Crippen molar-refractivity contribution in [3.8, 4) is 0 Å². The lowest BCUT2D eigenvalue weighted by Gasteiger charge is -2.71. The van der Waals surface area contributed by atoms with Gasteiger partial charge in [-0.15, -0.1) is 0 Å². The molecule has 412 valence electrons. The van der Waals surface area contributed by atoms with Gasteiger partial charge in [0, 0.05) is 34.5 Å². The number of hydrogen-bond donors (Lipinski definition) is 10. The van der Waals surface area contributed by atoms with Gasteiger partial charge in [0.15, 0.2) is 18.7 Å². The van der Waals surface area contributed by atoms with Gasteiger partial charge in [0.25, 0.3) is 0 Å². The van der Waals surface area contributed by atoms with Crippen molar-refractivity contribution in [2.24, 2.45) is 50.7 Å². The molecule has 0 radical (unpaired) electrons. The SMILES string of the molecule is C/C=C(/C)C(=O)OC[C@H](OC(=O)/C(C)=C\C)C(C)(C)CC1C2=CCC3[C@@]4(C)CC[C@H](OC(OC(CO)C(=O)O)C(OC5OC(CO)C(O)C(O)C5O)C(C)O)C(C)(C)C4CC[C@@]3(C)[C@]2(C)[C@@H](O)[C@@H](O)C1CO. The number of carboxylic acid groups (broad SMARTS) is 1. The first-order valence-corrected chi connectivity index (χ1v) is 25.6. The quantitative estimate of drug-likeness (QED) is 0.0363. The number of carbonyl (C=O) groups is 3. The van der Waals surface area contributed by atoms with Crippen molar-refractivity contribution < 1.29 is 93.9 Å². The molecule has 19 nitrogen and oxygen atoms in total. The van der Waals surface area contributed by atoms with Crippen molar-refractivity contribution in [2.75, 3.05) is 26.4 Å². The Balaban J connectivity index is 1.50. The number of allylic oxidation sites excluding steroid dienone is 3. The summed E-state index contributed by atoms with van der Waals surface area (Å²) in [6, 6.07) is 0. The molecule has 1 aliphatic heterocycles. The number of carboxylic acids is 1. The van der Waals surface area contributed by atoms with Crippen molar-refractivity contribution in [2.45, 2.75) is 201 Å².